The van der Waals surface area contributed by atoms with E-state index < -0.39 is 0 Å². The van der Waals surface area contributed by atoms with Crippen LogP contribution in [-0.4, -0.2) is 44.5 Å². The fourth-order valence-corrected chi connectivity index (χ4v) is 4.59. The minimum atomic E-state index is 0.142. The summed E-state index contributed by atoms with van der Waals surface area (Å²) >= 11 is 1.55. The number of hydrogen-bond donors (Lipinski definition) is 3. The van der Waals surface area contributed by atoms with E-state index in [1.807, 2.05) is 10.7 Å². The quantitative estimate of drug-likeness (QED) is 0.466. The highest BCUT2D eigenvalue weighted by molar-refractivity contribution is 8.00. The number of rotatable bonds is 5. The van der Waals surface area contributed by atoms with Crippen molar-refractivity contribution in [2.24, 2.45) is 0 Å². The number of phenolic OH excluding ortho intramolecular Hbond substituents is 2. The predicted molar refractivity (Wildman–Crippen MR) is 105 cm³/mol. The van der Waals surface area contributed by atoms with Crippen molar-refractivity contribution in [1.29, 1.82) is 0 Å². The average Bonchev–Trinajstić information content (AvgIpc) is 3.01. The monoisotopic (exact) mass is 370 g/mol. The van der Waals surface area contributed by atoms with Gasteiger partial charge in [-0.2, -0.15) is 5.10 Å². The summed E-state index contributed by atoms with van der Waals surface area (Å²) in [5, 5.41) is 26.1. The van der Waals surface area contributed by atoms with Gasteiger partial charge in [0, 0.05) is 33.4 Å². The molecule has 0 saturated heterocycles. The van der Waals surface area contributed by atoms with Crippen LogP contribution in [0.25, 0.3) is 22.2 Å². The summed E-state index contributed by atoms with van der Waals surface area (Å²) in [6.07, 6.45) is 0. The van der Waals surface area contributed by atoms with E-state index in [9.17, 15) is 10.2 Å². The standard InChI is InChI=1S/C19H22N4O2S/c1-3-22(4-2)7-8-23-18-14(25)10-13(20)19-16(18)17(21-23)12-9-11(24)5-6-15(12)26-19/h5-6,9-10,24-25H,3-4,7-8,20H2,1-2H3. The van der Waals surface area contributed by atoms with Crippen molar-refractivity contribution in [3.8, 4) is 22.8 Å². The minimum absolute atomic E-state index is 0.142. The number of benzene rings is 2. The molecule has 0 unspecified atom stereocenters. The molecule has 0 atom stereocenters. The second-order valence-corrected chi connectivity index (χ2v) is 7.47. The molecule has 0 spiro atoms. The number of aromatic nitrogens is 2. The highest BCUT2D eigenvalue weighted by Gasteiger charge is 2.28. The van der Waals surface area contributed by atoms with Gasteiger partial charge in [-0.15, -0.1) is 0 Å². The van der Waals surface area contributed by atoms with E-state index in [2.05, 4.69) is 18.7 Å². The molecule has 7 heteroatoms. The summed E-state index contributed by atoms with van der Waals surface area (Å²) in [4.78, 5) is 4.24. The molecule has 0 saturated carbocycles. The lowest BCUT2D eigenvalue weighted by Gasteiger charge is -2.18. The minimum Gasteiger partial charge on any atom is -0.508 e. The zero-order chi connectivity index (χ0) is 18.4. The number of aromatic hydroxyl groups is 2. The lowest BCUT2D eigenvalue weighted by atomic mass is 10.1. The molecule has 4 N–H and O–H groups in total. The van der Waals surface area contributed by atoms with E-state index in [0.717, 1.165) is 46.1 Å². The van der Waals surface area contributed by atoms with Crippen molar-refractivity contribution < 1.29 is 10.2 Å². The third-order valence-corrected chi connectivity index (χ3v) is 6.15. The van der Waals surface area contributed by atoms with Crippen LogP contribution in [0.5, 0.6) is 11.5 Å². The molecule has 2 heterocycles. The maximum Gasteiger partial charge on any atom is 0.143 e. The summed E-state index contributed by atoms with van der Waals surface area (Å²) < 4.78 is 1.86. The van der Waals surface area contributed by atoms with Crippen molar-refractivity contribution >= 4 is 28.4 Å². The Morgan fingerprint density at radius 3 is 2.69 bits per heavy atom. The molecule has 136 valence electrons. The number of fused-ring (bicyclic) bond motifs is 2. The Hall–Kier alpha value is -2.38. The van der Waals surface area contributed by atoms with Crippen LogP contribution in [-0.2, 0) is 6.54 Å². The predicted octanol–water partition coefficient (Wildman–Crippen LogP) is 3.50. The molecule has 26 heavy (non-hydrogen) atoms. The van der Waals surface area contributed by atoms with E-state index in [4.69, 9.17) is 10.8 Å². The third-order valence-electron chi connectivity index (χ3n) is 4.93. The third kappa shape index (κ3) is 2.59. The molecule has 2 aromatic carbocycles. The lowest BCUT2D eigenvalue weighted by Crippen LogP contribution is -2.27. The van der Waals surface area contributed by atoms with Crippen LogP contribution in [0.3, 0.4) is 0 Å². The first-order chi connectivity index (χ1) is 12.5. The Labute approximate surface area is 156 Å². The summed E-state index contributed by atoms with van der Waals surface area (Å²) in [7, 11) is 0. The van der Waals surface area contributed by atoms with Gasteiger partial charge in [0.15, 0.2) is 0 Å². The molecule has 3 aromatic rings. The summed E-state index contributed by atoms with van der Waals surface area (Å²) in [5.74, 6) is 0.343. The number of hydrogen-bond acceptors (Lipinski definition) is 6. The second-order valence-electron chi connectivity index (χ2n) is 6.42. The number of nitrogens with zero attached hydrogens (tertiary/aromatic N) is 3. The molecule has 1 aromatic heterocycles. The molecule has 0 amide bonds. The maximum atomic E-state index is 10.6. The fourth-order valence-electron chi connectivity index (χ4n) is 3.50. The van der Waals surface area contributed by atoms with Crippen LogP contribution in [0, 0.1) is 0 Å². The molecule has 4 rings (SSSR count). The first-order valence-corrected chi connectivity index (χ1v) is 9.60. The average molecular weight is 370 g/mol. The van der Waals surface area contributed by atoms with Crippen molar-refractivity contribution in [3.05, 3.63) is 24.3 Å². The van der Waals surface area contributed by atoms with Crippen molar-refractivity contribution in [2.75, 3.05) is 25.4 Å². The summed E-state index contributed by atoms with van der Waals surface area (Å²) in [6.45, 7) is 7.74. The molecule has 1 aliphatic rings. The Kier molecular flexibility index (Phi) is 4.20. The molecule has 0 fully saturated rings. The van der Waals surface area contributed by atoms with Gasteiger partial charge in [0.05, 0.1) is 12.2 Å². The Morgan fingerprint density at radius 1 is 1.19 bits per heavy atom. The van der Waals surface area contributed by atoms with E-state index in [1.54, 1.807) is 30.0 Å². The Morgan fingerprint density at radius 2 is 1.96 bits per heavy atom. The fraction of sp³-hybridized carbons (Fsp3) is 0.316. The van der Waals surface area contributed by atoms with Crippen LogP contribution >= 0.6 is 11.8 Å². The maximum absolute atomic E-state index is 10.6. The van der Waals surface area contributed by atoms with E-state index in [1.165, 1.54) is 0 Å². The first-order valence-electron chi connectivity index (χ1n) is 8.79. The van der Waals surface area contributed by atoms with Crippen LogP contribution < -0.4 is 5.73 Å². The zero-order valence-electron chi connectivity index (χ0n) is 14.9. The van der Waals surface area contributed by atoms with Gasteiger partial charge in [-0.05, 0) is 31.3 Å². The highest BCUT2D eigenvalue weighted by atomic mass is 32.2. The molecular formula is C19H22N4O2S. The number of nitrogens with two attached hydrogens (primary N) is 1. The van der Waals surface area contributed by atoms with Gasteiger partial charge >= 0.3 is 0 Å². The molecule has 0 radical (unpaired) electrons. The van der Waals surface area contributed by atoms with Gasteiger partial charge in [0.25, 0.3) is 0 Å². The second kappa shape index (κ2) is 6.41. The van der Waals surface area contributed by atoms with Crippen LogP contribution in [0.4, 0.5) is 5.69 Å². The van der Waals surface area contributed by atoms with Crippen LogP contribution in [0.2, 0.25) is 0 Å². The van der Waals surface area contributed by atoms with Gasteiger partial charge in [-0.3, -0.25) is 4.68 Å². The van der Waals surface area contributed by atoms with E-state index >= 15 is 0 Å². The van der Waals surface area contributed by atoms with Gasteiger partial charge < -0.3 is 20.8 Å². The molecular weight excluding hydrogens is 348 g/mol. The molecule has 0 bridgehead atoms. The van der Waals surface area contributed by atoms with Gasteiger partial charge in [-0.25, -0.2) is 0 Å². The van der Waals surface area contributed by atoms with Crippen LogP contribution in [0.15, 0.2) is 34.1 Å². The smallest absolute Gasteiger partial charge is 0.143 e. The van der Waals surface area contributed by atoms with Crippen molar-refractivity contribution in [1.82, 2.24) is 14.7 Å². The highest BCUT2D eigenvalue weighted by Crippen LogP contribution is 2.52. The SMILES string of the molecule is CCN(CC)CCn1nc2c3c(c(N)cc(O)c31)Sc1ccc(O)cc1-2. The van der Waals surface area contributed by atoms with Crippen LogP contribution in [0.1, 0.15) is 13.8 Å². The van der Waals surface area contributed by atoms with Gasteiger partial charge in [0.1, 0.15) is 22.7 Å². The van der Waals surface area contributed by atoms with E-state index in [-0.39, 0.29) is 11.5 Å². The normalized spacial score (nSPS) is 12.7. The first kappa shape index (κ1) is 17.1. The molecule has 1 aliphatic heterocycles. The number of likely N-dealkylation sites (N-methyl/N-ethyl adjacent to an activating group) is 1. The number of nitrogen functional groups attached to an aromatic ring is 1. The number of anilines is 1. The Bertz CT molecular complexity index is 995. The van der Waals surface area contributed by atoms with Crippen molar-refractivity contribution in [2.45, 2.75) is 30.2 Å². The zero-order valence-corrected chi connectivity index (χ0v) is 15.7. The Balaban J connectivity index is 1.91. The number of phenols is 2. The topological polar surface area (TPSA) is 87.5 Å². The molecule has 0 aliphatic carbocycles. The summed E-state index contributed by atoms with van der Waals surface area (Å²) in [5.41, 5.74) is 9.08. The van der Waals surface area contributed by atoms with Gasteiger partial charge in [0.2, 0.25) is 0 Å². The van der Waals surface area contributed by atoms with Gasteiger partial charge in [-0.1, -0.05) is 25.6 Å². The van der Waals surface area contributed by atoms with Crippen molar-refractivity contribution in [3.63, 3.8) is 0 Å². The lowest BCUT2D eigenvalue weighted by molar-refractivity contribution is 0.287. The molecule has 6 nitrogen and oxygen atoms in total. The van der Waals surface area contributed by atoms with E-state index in [0.29, 0.717) is 17.7 Å². The summed E-state index contributed by atoms with van der Waals surface area (Å²) in [6, 6.07) is 6.88. The largest absolute Gasteiger partial charge is 0.508 e.